The molecule has 0 saturated heterocycles. The smallest absolute Gasteiger partial charge is 0.319 e. The number of hydrogen-bond acceptors (Lipinski definition) is 5. The van der Waals surface area contributed by atoms with Gasteiger partial charge in [-0.1, -0.05) is 12.8 Å². The van der Waals surface area contributed by atoms with Gasteiger partial charge >= 0.3 is 5.97 Å². The van der Waals surface area contributed by atoms with Gasteiger partial charge in [-0.05, 0) is 26.7 Å². The first kappa shape index (κ1) is 14.5. The maximum Gasteiger partial charge on any atom is 0.319 e. The van der Waals surface area contributed by atoms with Crippen molar-refractivity contribution in [3.05, 3.63) is 15.6 Å². The molecule has 0 radical (unpaired) electrons. The Kier molecular flexibility index (Phi) is 4.93. The number of rotatable bonds is 5. The first-order valence-corrected chi connectivity index (χ1v) is 7.65. The Bertz CT molecular complexity index is 419. The van der Waals surface area contributed by atoms with Gasteiger partial charge in [0.15, 0.2) is 0 Å². The fourth-order valence-corrected chi connectivity index (χ4v) is 3.55. The summed E-state index contributed by atoms with van der Waals surface area (Å²) in [5.74, 6) is -0.156. The molecule has 0 spiro atoms. The molecule has 0 aliphatic heterocycles. The highest BCUT2D eigenvalue weighted by Gasteiger charge is 2.25. The molecule has 4 nitrogen and oxygen atoms in total. The quantitative estimate of drug-likeness (QED) is 0.779. The standard InChI is InChI=1S/C14H22N2O2S/c1-10-11(2)19-13(15-10)8-16(9-14(17)18-3)12-6-4-5-7-12/h12H,4-9H2,1-3H3. The van der Waals surface area contributed by atoms with Crippen molar-refractivity contribution < 1.29 is 9.53 Å². The molecule has 1 fully saturated rings. The van der Waals surface area contributed by atoms with Crippen molar-refractivity contribution in [1.29, 1.82) is 0 Å². The van der Waals surface area contributed by atoms with Gasteiger partial charge in [-0.25, -0.2) is 4.98 Å². The molecule has 19 heavy (non-hydrogen) atoms. The molecule has 1 aliphatic rings. The number of thiazole rings is 1. The molecule has 0 aromatic carbocycles. The van der Waals surface area contributed by atoms with Crippen LogP contribution in [0.1, 0.15) is 41.3 Å². The van der Waals surface area contributed by atoms with Gasteiger partial charge < -0.3 is 4.74 Å². The zero-order valence-electron chi connectivity index (χ0n) is 11.9. The lowest BCUT2D eigenvalue weighted by atomic mass is 10.2. The van der Waals surface area contributed by atoms with E-state index in [4.69, 9.17) is 4.74 Å². The molecular formula is C14H22N2O2S. The minimum Gasteiger partial charge on any atom is -0.468 e. The zero-order chi connectivity index (χ0) is 13.8. The average molecular weight is 282 g/mol. The van der Waals surface area contributed by atoms with Crippen molar-refractivity contribution in [3.8, 4) is 0 Å². The Morgan fingerprint density at radius 3 is 2.63 bits per heavy atom. The van der Waals surface area contributed by atoms with Crippen LogP contribution in [0.15, 0.2) is 0 Å². The van der Waals surface area contributed by atoms with Crippen LogP contribution in [-0.4, -0.2) is 35.5 Å². The van der Waals surface area contributed by atoms with Crippen LogP contribution in [0.4, 0.5) is 0 Å². The van der Waals surface area contributed by atoms with Crippen molar-refractivity contribution in [2.75, 3.05) is 13.7 Å². The highest BCUT2D eigenvalue weighted by atomic mass is 32.1. The predicted octanol–water partition coefficient (Wildman–Crippen LogP) is 2.68. The Balaban J connectivity index is 2.05. The summed E-state index contributed by atoms with van der Waals surface area (Å²) in [6, 6.07) is 0.503. The number of carbonyl (C=O) groups excluding carboxylic acids is 1. The monoisotopic (exact) mass is 282 g/mol. The minimum absolute atomic E-state index is 0.156. The van der Waals surface area contributed by atoms with Crippen LogP contribution < -0.4 is 0 Å². The highest BCUT2D eigenvalue weighted by Crippen LogP contribution is 2.26. The van der Waals surface area contributed by atoms with Crippen LogP contribution in [0.5, 0.6) is 0 Å². The number of aryl methyl sites for hydroxylation is 2. The van der Waals surface area contributed by atoms with Crippen LogP contribution in [-0.2, 0) is 16.1 Å². The number of carbonyl (C=O) groups is 1. The molecule has 106 valence electrons. The van der Waals surface area contributed by atoms with E-state index in [1.807, 2.05) is 6.92 Å². The molecule has 0 atom stereocenters. The van der Waals surface area contributed by atoms with Gasteiger partial charge in [0, 0.05) is 10.9 Å². The lowest BCUT2D eigenvalue weighted by Gasteiger charge is -2.26. The Morgan fingerprint density at radius 1 is 1.42 bits per heavy atom. The van der Waals surface area contributed by atoms with Crippen molar-refractivity contribution >= 4 is 17.3 Å². The summed E-state index contributed by atoms with van der Waals surface area (Å²) in [5, 5.41) is 1.10. The second-order valence-corrected chi connectivity index (χ2v) is 6.46. The van der Waals surface area contributed by atoms with E-state index >= 15 is 0 Å². The summed E-state index contributed by atoms with van der Waals surface area (Å²) in [5.41, 5.74) is 1.10. The van der Waals surface area contributed by atoms with Crippen LogP contribution in [0.2, 0.25) is 0 Å². The second kappa shape index (κ2) is 6.48. The summed E-state index contributed by atoms with van der Waals surface area (Å²) in [7, 11) is 1.45. The molecule has 0 amide bonds. The Hall–Kier alpha value is -0.940. The number of aromatic nitrogens is 1. The summed E-state index contributed by atoms with van der Waals surface area (Å²) in [6.45, 7) is 5.27. The number of nitrogens with zero attached hydrogens (tertiary/aromatic N) is 2. The van der Waals surface area contributed by atoms with Gasteiger partial charge in [0.25, 0.3) is 0 Å². The van der Waals surface area contributed by atoms with E-state index in [1.165, 1.54) is 37.7 Å². The Morgan fingerprint density at radius 2 is 2.11 bits per heavy atom. The maximum absolute atomic E-state index is 11.6. The average Bonchev–Trinajstić information content (AvgIpc) is 2.99. The van der Waals surface area contributed by atoms with Gasteiger partial charge in [0.1, 0.15) is 5.01 Å². The lowest BCUT2D eigenvalue weighted by Crippen LogP contribution is -2.37. The third-order valence-electron chi connectivity index (χ3n) is 3.81. The molecule has 1 saturated carbocycles. The molecule has 1 aliphatic carbocycles. The van der Waals surface area contributed by atoms with Crippen LogP contribution in [0, 0.1) is 13.8 Å². The first-order valence-electron chi connectivity index (χ1n) is 6.84. The normalized spacial score (nSPS) is 16.2. The van der Waals surface area contributed by atoms with E-state index in [9.17, 15) is 4.79 Å². The molecule has 1 aromatic heterocycles. The summed E-state index contributed by atoms with van der Waals surface area (Å²) in [4.78, 5) is 19.6. The third kappa shape index (κ3) is 3.76. The van der Waals surface area contributed by atoms with Crippen molar-refractivity contribution in [1.82, 2.24) is 9.88 Å². The topological polar surface area (TPSA) is 42.4 Å². The number of methoxy groups -OCH3 is 1. The minimum atomic E-state index is -0.156. The van der Waals surface area contributed by atoms with Gasteiger partial charge in [0.05, 0.1) is 25.9 Å². The second-order valence-electron chi connectivity index (χ2n) is 5.17. The SMILES string of the molecule is COC(=O)CN(Cc1nc(C)c(C)s1)C1CCCC1. The predicted molar refractivity (Wildman–Crippen MR) is 76.3 cm³/mol. The summed E-state index contributed by atoms with van der Waals surface area (Å²) < 4.78 is 4.81. The van der Waals surface area contributed by atoms with Gasteiger partial charge in [0.2, 0.25) is 0 Å². The Labute approximate surface area is 118 Å². The van der Waals surface area contributed by atoms with E-state index in [1.54, 1.807) is 11.3 Å². The van der Waals surface area contributed by atoms with Crippen LogP contribution >= 0.6 is 11.3 Å². The van der Waals surface area contributed by atoms with Gasteiger partial charge in [-0.3, -0.25) is 9.69 Å². The number of hydrogen-bond donors (Lipinski definition) is 0. The van der Waals surface area contributed by atoms with Crippen LogP contribution in [0.25, 0.3) is 0 Å². The molecular weight excluding hydrogens is 260 g/mol. The molecule has 1 aromatic rings. The van der Waals surface area contributed by atoms with Crippen molar-refractivity contribution in [2.45, 2.75) is 52.1 Å². The van der Waals surface area contributed by atoms with E-state index in [2.05, 4.69) is 16.8 Å². The fourth-order valence-electron chi connectivity index (χ4n) is 2.59. The molecule has 2 rings (SSSR count). The fraction of sp³-hybridized carbons (Fsp3) is 0.714. The van der Waals surface area contributed by atoms with E-state index in [-0.39, 0.29) is 5.97 Å². The lowest BCUT2D eigenvalue weighted by molar-refractivity contribution is -0.142. The van der Waals surface area contributed by atoms with E-state index in [0.717, 1.165) is 17.2 Å². The summed E-state index contributed by atoms with van der Waals surface area (Å²) >= 11 is 1.73. The molecule has 1 heterocycles. The van der Waals surface area contributed by atoms with Gasteiger partial charge in [-0.2, -0.15) is 0 Å². The van der Waals surface area contributed by atoms with E-state index in [0.29, 0.717) is 12.6 Å². The van der Waals surface area contributed by atoms with Crippen LogP contribution in [0.3, 0.4) is 0 Å². The number of ether oxygens (including phenoxy) is 1. The molecule has 5 heteroatoms. The van der Waals surface area contributed by atoms with E-state index < -0.39 is 0 Å². The first-order chi connectivity index (χ1) is 9.10. The molecule has 0 bridgehead atoms. The van der Waals surface area contributed by atoms with Crippen molar-refractivity contribution in [2.24, 2.45) is 0 Å². The molecule has 0 unspecified atom stereocenters. The molecule has 0 N–H and O–H groups in total. The maximum atomic E-state index is 11.6. The van der Waals surface area contributed by atoms with Crippen molar-refractivity contribution in [3.63, 3.8) is 0 Å². The largest absolute Gasteiger partial charge is 0.468 e. The van der Waals surface area contributed by atoms with Gasteiger partial charge in [-0.15, -0.1) is 11.3 Å². The third-order valence-corrected chi connectivity index (χ3v) is 4.87. The zero-order valence-corrected chi connectivity index (χ0v) is 12.8. The number of esters is 1. The summed E-state index contributed by atoms with van der Waals surface area (Å²) in [6.07, 6.45) is 4.89. The highest BCUT2D eigenvalue weighted by molar-refractivity contribution is 7.11.